The minimum atomic E-state index is -0.569. The van der Waals surface area contributed by atoms with Gasteiger partial charge >= 0.3 is 5.97 Å². The molecular weight excluding hydrogens is 398 g/mol. The summed E-state index contributed by atoms with van der Waals surface area (Å²) in [6.45, 7) is 3.80. The fraction of sp³-hybridized carbons (Fsp3) is 0.261. The maximum absolute atomic E-state index is 12.5. The number of nitrogens with zero attached hydrogens (tertiary/aromatic N) is 2. The molecule has 0 saturated heterocycles. The van der Waals surface area contributed by atoms with E-state index < -0.39 is 18.5 Å². The van der Waals surface area contributed by atoms with E-state index in [9.17, 15) is 14.4 Å². The lowest BCUT2D eigenvalue weighted by Gasteiger charge is -2.11. The summed E-state index contributed by atoms with van der Waals surface area (Å²) in [5, 5.41) is 2.65. The Labute approximate surface area is 180 Å². The van der Waals surface area contributed by atoms with Crippen molar-refractivity contribution in [3.8, 4) is 0 Å². The average Bonchev–Trinajstić information content (AvgIpc) is 3.36. The molecule has 1 aromatic carbocycles. The highest BCUT2D eigenvalue weighted by molar-refractivity contribution is 5.97. The van der Waals surface area contributed by atoms with Gasteiger partial charge in [-0.3, -0.25) is 9.59 Å². The van der Waals surface area contributed by atoms with Crippen LogP contribution in [0.4, 0.5) is 5.69 Å². The van der Waals surface area contributed by atoms with Crippen molar-refractivity contribution in [2.75, 3.05) is 26.0 Å². The second-order valence-corrected chi connectivity index (χ2v) is 7.35. The van der Waals surface area contributed by atoms with E-state index >= 15 is 0 Å². The number of hydrogen-bond donors (Lipinski definition) is 1. The van der Waals surface area contributed by atoms with E-state index in [2.05, 4.69) is 5.32 Å². The number of benzene rings is 1. The summed E-state index contributed by atoms with van der Waals surface area (Å²) in [4.78, 5) is 38.0. The normalized spacial score (nSPS) is 10.6. The molecule has 2 aromatic heterocycles. The summed E-state index contributed by atoms with van der Waals surface area (Å²) >= 11 is 0. The number of aromatic nitrogens is 1. The van der Waals surface area contributed by atoms with Gasteiger partial charge in [0, 0.05) is 36.7 Å². The molecule has 0 spiro atoms. The second kappa shape index (κ2) is 9.34. The van der Waals surface area contributed by atoms with Gasteiger partial charge in [0.15, 0.2) is 6.61 Å². The number of carbonyl (C=O) groups is 3. The number of rotatable bonds is 7. The summed E-state index contributed by atoms with van der Waals surface area (Å²) in [6.07, 6.45) is 1.60. The zero-order chi connectivity index (χ0) is 22.5. The maximum Gasteiger partial charge on any atom is 0.340 e. The van der Waals surface area contributed by atoms with Crippen LogP contribution in [0.2, 0.25) is 0 Å². The molecule has 3 rings (SSSR count). The summed E-state index contributed by atoms with van der Waals surface area (Å²) in [6, 6.07) is 11.9. The van der Waals surface area contributed by atoms with Crippen LogP contribution in [0.3, 0.4) is 0 Å². The monoisotopic (exact) mass is 423 g/mol. The quantitative estimate of drug-likeness (QED) is 0.589. The van der Waals surface area contributed by atoms with Gasteiger partial charge in [-0.1, -0.05) is 0 Å². The maximum atomic E-state index is 12.5. The zero-order valence-electron chi connectivity index (χ0n) is 18.0. The van der Waals surface area contributed by atoms with Gasteiger partial charge in [0.1, 0.15) is 5.76 Å². The lowest BCUT2D eigenvalue weighted by molar-refractivity contribution is -0.119. The summed E-state index contributed by atoms with van der Waals surface area (Å²) in [5.74, 6) is -0.388. The Balaban J connectivity index is 1.57. The van der Waals surface area contributed by atoms with Crippen molar-refractivity contribution in [2.24, 2.45) is 0 Å². The first-order chi connectivity index (χ1) is 14.8. The molecule has 8 nitrogen and oxygen atoms in total. The fourth-order valence-corrected chi connectivity index (χ4v) is 3.17. The van der Waals surface area contributed by atoms with E-state index in [0.717, 1.165) is 17.1 Å². The van der Waals surface area contributed by atoms with Gasteiger partial charge in [-0.05, 0) is 56.3 Å². The van der Waals surface area contributed by atoms with Crippen LogP contribution >= 0.6 is 0 Å². The van der Waals surface area contributed by atoms with Crippen LogP contribution in [0.25, 0.3) is 0 Å². The SMILES string of the molecule is Cc1cc(C(=O)OCC(=O)Nc2ccc(C(=O)N(C)C)cc2)c(C)n1Cc1ccco1. The molecule has 1 N–H and O–H groups in total. The molecule has 0 unspecified atom stereocenters. The van der Waals surface area contributed by atoms with Crippen molar-refractivity contribution in [3.63, 3.8) is 0 Å². The highest BCUT2D eigenvalue weighted by Gasteiger charge is 2.19. The average molecular weight is 423 g/mol. The molecule has 0 saturated carbocycles. The number of esters is 1. The molecule has 162 valence electrons. The fourth-order valence-electron chi connectivity index (χ4n) is 3.17. The molecule has 0 aliphatic carbocycles. The third kappa shape index (κ3) is 5.22. The standard InChI is InChI=1S/C23H25N3O5/c1-15-12-20(16(2)26(15)13-19-6-5-11-30-19)23(29)31-14-21(27)24-18-9-7-17(8-10-18)22(28)25(3)4/h5-12H,13-14H2,1-4H3,(H,24,27). The van der Waals surface area contributed by atoms with Crippen LogP contribution in [0.5, 0.6) is 0 Å². The molecule has 3 aromatic rings. The van der Waals surface area contributed by atoms with Crippen molar-refractivity contribution in [3.05, 3.63) is 77.0 Å². The van der Waals surface area contributed by atoms with Crippen LogP contribution in [-0.4, -0.2) is 48.0 Å². The number of anilines is 1. The molecule has 2 heterocycles. The number of carbonyl (C=O) groups excluding carboxylic acids is 3. The first-order valence-corrected chi connectivity index (χ1v) is 9.74. The number of amides is 2. The van der Waals surface area contributed by atoms with Crippen LogP contribution < -0.4 is 5.32 Å². The summed E-state index contributed by atoms with van der Waals surface area (Å²) in [5.41, 5.74) is 3.05. The molecule has 2 amide bonds. The van der Waals surface area contributed by atoms with Crippen LogP contribution in [0, 0.1) is 13.8 Å². The van der Waals surface area contributed by atoms with Gasteiger partial charge in [0.25, 0.3) is 11.8 Å². The Morgan fingerprint density at radius 2 is 1.81 bits per heavy atom. The largest absolute Gasteiger partial charge is 0.467 e. The number of hydrogen-bond acceptors (Lipinski definition) is 5. The smallest absolute Gasteiger partial charge is 0.340 e. The second-order valence-electron chi connectivity index (χ2n) is 7.35. The number of furan rings is 1. The summed E-state index contributed by atoms with van der Waals surface area (Å²) in [7, 11) is 3.33. The van der Waals surface area contributed by atoms with Gasteiger partial charge in [-0.2, -0.15) is 0 Å². The molecule has 0 radical (unpaired) electrons. The Kier molecular flexibility index (Phi) is 6.59. The Bertz CT molecular complexity index is 1080. The van der Waals surface area contributed by atoms with Crippen molar-refractivity contribution >= 4 is 23.5 Å². The predicted octanol–water partition coefficient (Wildman–Crippen LogP) is 3.24. The Hall–Kier alpha value is -3.81. The Morgan fingerprint density at radius 3 is 2.42 bits per heavy atom. The van der Waals surface area contributed by atoms with Crippen LogP contribution in [0.1, 0.15) is 37.9 Å². The third-order valence-electron chi connectivity index (χ3n) is 4.84. The lowest BCUT2D eigenvalue weighted by Crippen LogP contribution is -2.22. The molecule has 0 aliphatic rings. The Morgan fingerprint density at radius 1 is 1.10 bits per heavy atom. The van der Waals surface area contributed by atoms with Crippen molar-refractivity contribution in [1.29, 1.82) is 0 Å². The third-order valence-corrected chi connectivity index (χ3v) is 4.84. The highest BCUT2D eigenvalue weighted by Crippen LogP contribution is 2.18. The van der Waals surface area contributed by atoms with Gasteiger partial charge in [0.2, 0.25) is 0 Å². The minimum Gasteiger partial charge on any atom is -0.467 e. The van der Waals surface area contributed by atoms with E-state index in [1.807, 2.05) is 30.5 Å². The van der Waals surface area contributed by atoms with Gasteiger partial charge in [-0.25, -0.2) is 4.79 Å². The van der Waals surface area contributed by atoms with Crippen molar-refractivity contribution in [1.82, 2.24) is 9.47 Å². The van der Waals surface area contributed by atoms with E-state index in [-0.39, 0.29) is 5.91 Å². The first kappa shape index (κ1) is 21.9. The van der Waals surface area contributed by atoms with E-state index in [1.54, 1.807) is 50.7 Å². The highest BCUT2D eigenvalue weighted by atomic mass is 16.5. The topological polar surface area (TPSA) is 93.8 Å². The minimum absolute atomic E-state index is 0.128. The number of nitrogens with one attached hydrogen (secondary N) is 1. The van der Waals surface area contributed by atoms with Crippen LogP contribution in [0.15, 0.2) is 53.1 Å². The molecule has 8 heteroatoms. The molecule has 0 bridgehead atoms. The van der Waals surface area contributed by atoms with Crippen molar-refractivity contribution in [2.45, 2.75) is 20.4 Å². The molecular formula is C23H25N3O5. The van der Waals surface area contributed by atoms with E-state index in [4.69, 9.17) is 9.15 Å². The number of ether oxygens (including phenoxy) is 1. The van der Waals surface area contributed by atoms with E-state index in [1.165, 1.54) is 4.90 Å². The van der Waals surface area contributed by atoms with Gasteiger partial charge < -0.3 is 23.9 Å². The van der Waals surface area contributed by atoms with Crippen LogP contribution in [-0.2, 0) is 16.1 Å². The van der Waals surface area contributed by atoms with Gasteiger partial charge in [-0.15, -0.1) is 0 Å². The van der Waals surface area contributed by atoms with E-state index in [0.29, 0.717) is 23.4 Å². The predicted molar refractivity (Wildman–Crippen MR) is 115 cm³/mol. The molecule has 0 aliphatic heterocycles. The summed E-state index contributed by atoms with van der Waals surface area (Å²) < 4.78 is 12.5. The number of aryl methyl sites for hydroxylation is 1. The molecule has 0 fully saturated rings. The lowest BCUT2D eigenvalue weighted by atomic mass is 10.2. The first-order valence-electron chi connectivity index (χ1n) is 9.74. The van der Waals surface area contributed by atoms with Crippen molar-refractivity contribution < 1.29 is 23.5 Å². The molecule has 31 heavy (non-hydrogen) atoms. The molecule has 0 atom stereocenters. The zero-order valence-corrected chi connectivity index (χ0v) is 18.0. The van der Waals surface area contributed by atoms with Gasteiger partial charge in [0.05, 0.1) is 18.4 Å².